The summed E-state index contributed by atoms with van der Waals surface area (Å²) >= 11 is 0. The lowest BCUT2D eigenvalue weighted by atomic mass is 10.0. The molecular formula is C24H23N3O4. The second-order valence-electron chi connectivity index (χ2n) is 8.17. The number of hydrogen-bond donors (Lipinski definition) is 1. The molecule has 0 spiro atoms. The fraction of sp³-hybridized carbons (Fsp3) is 0.333. The van der Waals surface area contributed by atoms with Crippen molar-refractivity contribution >= 4 is 22.1 Å². The van der Waals surface area contributed by atoms with Crippen LogP contribution in [0.5, 0.6) is 11.5 Å². The lowest BCUT2D eigenvalue weighted by Crippen LogP contribution is -2.25. The summed E-state index contributed by atoms with van der Waals surface area (Å²) in [6.07, 6.45) is 3.05. The van der Waals surface area contributed by atoms with Crippen molar-refractivity contribution in [2.24, 2.45) is 0 Å². The van der Waals surface area contributed by atoms with Gasteiger partial charge in [-0.3, -0.25) is 9.69 Å². The average Bonchev–Trinajstić information content (AvgIpc) is 3.31. The number of fused-ring (bicyclic) bond motifs is 4. The summed E-state index contributed by atoms with van der Waals surface area (Å²) in [4.78, 5) is 22.7. The SMILES string of the molecule is O=c1[nH]c(CN2CCC[C@H]2c2ccc3c(c2)OCCCO3)nc2c1oc1ccccc12. The molecule has 158 valence electrons. The van der Waals surface area contributed by atoms with Gasteiger partial charge in [-0.2, -0.15) is 0 Å². The van der Waals surface area contributed by atoms with Crippen LogP contribution < -0.4 is 15.0 Å². The summed E-state index contributed by atoms with van der Waals surface area (Å²) in [6.45, 7) is 2.89. The number of benzene rings is 2. The molecule has 7 nitrogen and oxygen atoms in total. The summed E-state index contributed by atoms with van der Waals surface area (Å²) in [5, 5.41) is 0.866. The second kappa shape index (κ2) is 7.42. The van der Waals surface area contributed by atoms with Crippen molar-refractivity contribution in [1.29, 1.82) is 0 Å². The highest BCUT2D eigenvalue weighted by molar-refractivity contribution is 6.01. The number of furan rings is 1. The highest BCUT2D eigenvalue weighted by Crippen LogP contribution is 2.38. The highest BCUT2D eigenvalue weighted by Gasteiger charge is 2.28. The molecule has 2 aliphatic heterocycles. The monoisotopic (exact) mass is 417 g/mol. The van der Waals surface area contributed by atoms with Crippen molar-refractivity contribution in [3.8, 4) is 11.5 Å². The van der Waals surface area contributed by atoms with Crippen LogP contribution in [-0.4, -0.2) is 34.6 Å². The van der Waals surface area contributed by atoms with Gasteiger partial charge in [0.05, 0.1) is 19.8 Å². The van der Waals surface area contributed by atoms with Crippen LogP contribution in [0.2, 0.25) is 0 Å². The molecule has 0 amide bonds. The third-order valence-corrected chi connectivity index (χ3v) is 6.15. The molecule has 0 saturated carbocycles. The van der Waals surface area contributed by atoms with Crippen LogP contribution in [0.4, 0.5) is 0 Å². The Hall–Kier alpha value is -3.32. The zero-order valence-corrected chi connectivity index (χ0v) is 17.1. The predicted molar refractivity (Wildman–Crippen MR) is 117 cm³/mol. The Morgan fingerprint density at radius 1 is 1.06 bits per heavy atom. The predicted octanol–water partition coefficient (Wildman–Crippen LogP) is 4.17. The number of ether oxygens (including phenoxy) is 2. The molecule has 0 radical (unpaired) electrons. The molecule has 1 fully saturated rings. The molecule has 2 aromatic heterocycles. The van der Waals surface area contributed by atoms with E-state index < -0.39 is 0 Å². The number of hydrogen-bond acceptors (Lipinski definition) is 6. The Kier molecular flexibility index (Phi) is 4.42. The minimum atomic E-state index is -0.234. The first-order chi connectivity index (χ1) is 15.3. The van der Waals surface area contributed by atoms with Crippen LogP contribution in [-0.2, 0) is 6.54 Å². The Bertz CT molecular complexity index is 1330. The zero-order chi connectivity index (χ0) is 20.8. The maximum absolute atomic E-state index is 12.6. The number of nitrogens with one attached hydrogen (secondary N) is 1. The van der Waals surface area contributed by atoms with Gasteiger partial charge in [-0.15, -0.1) is 0 Å². The highest BCUT2D eigenvalue weighted by atomic mass is 16.5. The van der Waals surface area contributed by atoms with E-state index in [-0.39, 0.29) is 17.2 Å². The summed E-state index contributed by atoms with van der Waals surface area (Å²) in [5.41, 5.74) is 2.56. The van der Waals surface area contributed by atoms with Crippen molar-refractivity contribution in [3.05, 3.63) is 64.2 Å². The fourth-order valence-corrected chi connectivity index (χ4v) is 4.69. The normalized spacial score (nSPS) is 19.2. The van der Waals surface area contributed by atoms with Gasteiger partial charge < -0.3 is 18.9 Å². The number of rotatable bonds is 3. The van der Waals surface area contributed by atoms with E-state index in [9.17, 15) is 4.79 Å². The molecule has 1 N–H and O–H groups in total. The van der Waals surface area contributed by atoms with Crippen molar-refractivity contribution in [3.63, 3.8) is 0 Å². The molecule has 2 aliphatic rings. The van der Waals surface area contributed by atoms with Crippen molar-refractivity contribution in [1.82, 2.24) is 14.9 Å². The molecule has 4 aromatic rings. The van der Waals surface area contributed by atoms with Gasteiger partial charge in [0.25, 0.3) is 5.56 Å². The van der Waals surface area contributed by atoms with E-state index in [1.807, 2.05) is 30.3 Å². The lowest BCUT2D eigenvalue weighted by molar-refractivity contribution is 0.241. The maximum atomic E-state index is 12.6. The number of H-pyrrole nitrogens is 1. The molecule has 4 heterocycles. The van der Waals surface area contributed by atoms with Gasteiger partial charge in [0.1, 0.15) is 16.9 Å². The standard InChI is InChI=1S/C24H23N3O4/c28-24-23-22(16-5-1-2-7-18(16)31-23)25-21(26-24)14-27-10-3-6-17(27)15-8-9-19-20(13-15)30-12-4-11-29-19/h1-2,5,7-9,13,17H,3-4,6,10-12,14H2,(H,25,26,28)/t17-/m0/s1. The van der Waals surface area contributed by atoms with E-state index in [1.54, 1.807) is 0 Å². The van der Waals surface area contributed by atoms with Crippen LogP contribution >= 0.6 is 0 Å². The van der Waals surface area contributed by atoms with E-state index in [0.717, 1.165) is 42.7 Å². The minimum Gasteiger partial charge on any atom is -0.490 e. The average molecular weight is 417 g/mol. The molecule has 0 aliphatic carbocycles. The van der Waals surface area contributed by atoms with Crippen molar-refractivity contribution in [2.45, 2.75) is 31.8 Å². The van der Waals surface area contributed by atoms with E-state index in [2.05, 4.69) is 22.0 Å². The van der Waals surface area contributed by atoms with Crippen LogP contribution in [0.1, 0.15) is 36.7 Å². The van der Waals surface area contributed by atoms with Crippen LogP contribution in [0.25, 0.3) is 22.1 Å². The molecule has 1 atom stereocenters. The molecule has 1 saturated heterocycles. The summed E-state index contributed by atoms with van der Waals surface area (Å²) < 4.78 is 17.4. The number of aromatic amines is 1. The molecule has 0 bridgehead atoms. The quantitative estimate of drug-likeness (QED) is 0.539. The third-order valence-electron chi connectivity index (χ3n) is 6.15. The van der Waals surface area contributed by atoms with Crippen molar-refractivity contribution < 1.29 is 13.9 Å². The van der Waals surface area contributed by atoms with Crippen LogP contribution in [0.3, 0.4) is 0 Å². The first-order valence-corrected chi connectivity index (χ1v) is 10.8. The first-order valence-electron chi connectivity index (χ1n) is 10.8. The fourth-order valence-electron chi connectivity index (χ4n) is 4.69. The summed E-state index contributed by atoms with van der Waals surface area (Å²) in [6, 6.07) is 14.1. The zero-order valence-electron chi connectivity index (χ0n) is 17.1. The smallest absolute Gasteiger partial charge is 0.294 e. The molecule has 6 rings (SSSR count). The number of para-hydroxylation sites is 1. The Balaban J connectivity index is 1.32. The Labute approximate surface area is 178 Å². The number of nitrogens with zero attached hydrogens (tertiary/aromatic N) is 2. The van der Waals surface area contributed by atoms with Crippen molar-refractivity contribution in [2.75, 3.05) is 19.8 Å². The minimum absolute atomic E-state index is 0.234. The van der Waals surface area contributed by atoms with Gasteiger partial charge >= 0.3 is 0 Å². The van der Waals surface area contributed by atoms with E-state index >= 15 is 0 Å². The van der Waals surface area contributed by atoms with Gasteiger partial charge in [0, 0.05) is 17.8 Å². The first kappa shape index (κ1) is 18.4. The van der Waals surface area contributed by atoms with E-state index in [1.165, 1.54) is 5.56 Å². The van der Waals surface area contributed by atoms with Gasteiger partial charge in [0.2, 0.25) is 5.58 Å². The van der Waals surface area contributed by atoms with Gasteiger partial charge in [0.15, 0.2) is 11.5 Å². The second-order valence-corrected chi connectivity index (χ2v) is 8.17. The number of aromatic nitrogens is 2. The van der Waals surface area contributed by atoms with Gasteiger partial charge in [-0.25, -0.2) is 4.98 Å². The summed E-state index contributed by atoms with van der Waals surface area (Å²) in [5.74, 6) is 2.29. The molecule has 31 heavy (non-hydrogen) atoms. The molecule has 2 aromatic carbocycles. The number of likely N-dealkylation sites (tertiary alicyclic amines) is 1. The van der Waals surface area contributed by atoms with E-state index in [4.69, 9.17) is 18.9 Å². The van der Waals surface area contributed by atoms with E-state index in [0.29, 0.717) is 36.7 Å². The van der Waals surface area contributed by atoms with Crippen LogP contribution in [0, 0.1) is 0 Å². The topological polar surface area (TPSA) is 80.6 Å². The van der Waals surface area contributed by atoms with Gasteiger partial charge in [-0.05, 0) is 49.2 Å². The van der Waals surface area contributed by atoms with Crippen LogP contribution in [0.15, 0.2) is 51.7 Å². The maximum Gasteiger partial charge on any atom is 0.294 e. The van der Waals surface area contributed by atoms with Gasteiger partial charge in [-0.1, -0.05) is 18.2 Å². The molecule has 0 unspecified atom stereocenters. The summed E-state index contributed by atoms with van der Waals surface area (Å²) in [7, 11) is 0. The molecule has 7 heteroatoms. The largest absolute Gasteiger partial charge is 0.490 e. The third kappa shape index (κ3) is 3.25. The molecular weight excluding hydrogens is 394 g/mol. The Morgan fingerprint density at radius 2 is 1.94 bits per heavy atom. The Morgan fingerprint density at radius 3 is 2.87 bits per heavy atom. The lowest BCUT2D eigenvalue weighted by Gasteiger charge is -2.25.